The smallest absolute Gasteiger partial charge is 0.175 e. The minimum absolute atomic E-state index is 0.285. The van der Waals surface area contributed by atoms with Crippen molar-refractivity contribution in [2.24, 2.45) is 0 Å². The summed E-state index contributed by atoms with van der Waals surface area (Å²) in [5.74, 6) is 0. The fraction of sp³-hybridized carbons (Fsp3) is 0.600. The second kappa shape index (κ2) is 6.04. The van der Waals surface area contributed by atoms with Gasteiger partial charge in [0.25, 0.3) is 0 Å². The lowest BCUT2D eigenvalue weighted by molar-refractivity contribution is -0.173. The molecule has 2 rings (SSSR count). The van der Waals surface area contributed by atoms with Crippen molar-refractivity contribution in [3.8, 4) is 0 Å². The highest BCUT2D eigenvalue weighted by Gasteiger charge is 2.49. The molecule has 1 fully saturated rings. The Balaban J connectivity index is 2.21. The molecule has 6 heteroatoms. The minimum atomic E-state index is -3.19. The number of hydrogen-bond acceptors (Lipinski definition) is 5. The van der Waals surface area contributed by atoms with Gasteiger partial charge in [-0.25, -0.2) is 8.42 Å². The molecule has 1 aliphatic rings. The molecule has 21 heavy (non-hydrogen) atoms. The van der Waals surface area contributed by atoms with E-state index in [1.54, 1.807) is 24.3 Å². The van der Waals surface area contributed by atoms with Gasteiger partial charge in [-0.1, -0.05) is 12.1 Å². The maximum atomic E-state index is 11.5. The molecule has 3 unspecified atom stereocenters. The number of sulfone groups is 1. The fourth-order valence-electron chi connectivity index (χ4n) is 2.20. The van der Waals surface area contributed by atoms with Crippen LogP contribution in [-0.4, -0.2) is 39.8 Å². The van der Waals surface area contributed by atoms with E-state index in [1.807, 2.05) is 20.8 Å². The first-order chi connectivity index (χ1) is 9.76. The van der Waals surface area contributed by atoms with Crippen molar-refractivity contribution in [2.75, 3.05) is 19.5 Å². The van der Waals surface area contributed by atoms with Crippen molar-refractivity contribution in [3.05, 3.63) is 29.8 Å². The Kier molecular flexibility index (Phi) is 4.72. The molecule has 1 saturated heterocycles. The molecule has 1 aromatic rings. The molecular formula is C15H22O5S. The van der Waals surface area contributed by atoms with Gasteiger partial charge in [0.05, 0.1) is 11.5 Å². The average Bonchev–Trinajstić information content (AvgIpc) is 3.14. The van der Waals surface area contributed by atoms with Gasteiger partial charge in [-0.15, -0.1) is 0 Å². The van der Waals surface area contributed by atoms with Crippen molar-refractivity contribution in [2.45, 2.75) is 43.7 Å². The molecule has 1 aromatic carbocycles. The Hall–Kier alpha value is -0.950. The summed E-state index contributed by atoms with van der Waals surface area (Å²) in [4.78, 5) is 0.296. The lowest BCUT2D eigenvalue weighted by Gasteiger charge is -2.25. The lowest BCUT2D eigenvalue weighted by Crippen LogP contribution is -2.27. The lowest BCUT2D eigenvalue weighted by atomic mass is 9.98. The Labute approximate surface area is 126 Å². The molecule has 0 radical (unpaired) electrons. The van der Waals surface area contributed by atoms with Crippen LogP contribution in [0.15, 0.2) is 29.2 Å². The van der Waals surface area contributed by atoms with Gasteiger partial charge in [-0.05, 0) is 38.5 Å². The van der Waals surface area contributed by atoms with E-state index >= 15 is 0 Å². The van der Waals surface area contributed by atoms with Crippen LogP contribution in [0.25, 0.3) is 0 Å². The summed E-state index contributed by atoms with van der Waals surface area (Å²) in [7, 11) is -3.19. The average molecular weight is 314 g/mol. The van der Waals surface area contributed by atoms with Crippen LogP contribution in [-0.2, 0) is 24.0 Å². The van der Waals surface area contributed by atoms with Crippen LogP contribution >= 0.6 is 0 Å². The van der Waals surface area contributed by atoms with Gasteiger partial charge in [-0.2, -0.15) is 0 Å². The Morgan fingerprint density at radius 3 is 2.33 bits per heavy atom. The third kappa shape index (κ3) is 4.03. The van der Waals surface area contributed by atoms with Gasteiger partial charge < -0.3 is 14.2 Å². The number of hydrogen-bond donors (Lipinski definition) is 0. The molecule has 5 nitrogen and oxygen atoms in total. The summed E-state index contributed by atoms with van der Waals surface area (Å²) < 4.78 is 39.9. The van der Waals surface area contributed by atoms with Crippen LogP contribution in [0.1, 0.15) is 32.4 Å². The normalized spacial score (nSPS) is 24.6. The van der Waals surface area contributed by atoms with Crippen LogP contribution in [0.5, 0.6) is 0 Å². The van der Waals surface area contributed by atoms with Crippen molar-refractivity contribution < 1.29 is 22.6 Å². The van der Waals surface area contributed by atoms with Gasteiger partial charge in [0.15, 0.2) is 16.1 Å². The number of epoxide rings is 1. The molecule has 0 N–H and O–H groups in total. The Morgan fingerprint density at radius 2 is 1.90 bits per heavy atom. The Morgan fingerprint density at radius 1 is 1.33 bits per heavy atom. The van der Waals surface area contributed by atoms with E-state index in [1.165, 1.54) is 6.26 Å². The topological polar surface area (TPSA) is 65.1 Å². The van der Waals surface area contributed by atoms with E-state index in [9.17, 15) is 8.42 Å². The summed E-state index contributed by atoms with van der Waals surface area (Å²) in [5, 5.41) is 0. The molecule has 0 aromatic heterocycles. The van der Waals surface area contributed by atoms with Crippen molar-refractivity contribution >= 4 is 9.84 Å². The molecular weight excluding hydrogens is 292 g/mol. The fourth-order valence-corrected chi connectivity index (χ4v) is 2.83. The molecule has 0 bridgehead atoms. The van der Waals surface area contributed by atoms with Gasteiger partial charge >= 0.3 is 0 Å². The van der Waals surface area contributed by atoms with Crippen LogP contribution in [0.4, 0.5) is 0 Å². The first-order valence-corrected chi connectivity index (χ1v) is 8.86. The quantitative estimate of drug-likeness (QED) is 0.571. The van der Waals surface area contributed by atoms with Gasteiger partial charge in [0, 0.05) is 12.9 Å². The monoisotopic (exact) mass is 314 g/mol. The zero-order chi connectivity index (χ0) is 15.7. The summed E-state index contributed by atoms with van der Waals surface area (Å²) in [6, 6.07) is 6.73. The maximum absolute atomic E-state index is 11.5. The SMILES string of the molecule is CCOC(C)OC(c1ccc(S(C)(=O)=O)cc1)C1(C)CO1. The van der Waals surface area contributed by atoms with E-state index in [2.05, 4.69) is 0 Å². The highest BCUT2D eigenvalue weighted by molar-refractivity contribution is 7.90. The molecule has 1 heterocycles. The van der Waals surface area contributed by atoms with Gasteiger partial charge in [0.1, 0.15) is 11.7 Å². The summed E-state index contributed by atoms with van der Waals surface area (Å²) in [6.07, 6.45) is 0.557. The largest absolute Gasteiger partial charge is 0.367 e. The second-order valence-electron chi connectivity index (χ2n) is 5.48. The van der Waals surface area contributed by atoms with Crippen molar-refractivity contribution in [1.82, 2.24) is 0 Å². The molecule has 118 valence electrons. The summed E-state index contributed by atoms with van der Waals surface area (Å²) in [5.41, 5.74) is 0.506. The number of benzene rings is 1. The van der Waals surface area contributed by atoms with E-state index in [0.717, 1.165) is 5.56 Å². The predicted octanol–water partition coefficient (Wildman–Crippen LogP) is 2.32. The van der Waals surface area contributed by atoms with E-state index < -0.39 is 9.84 Å². The highest BCUT2D eigenvalue weighted by Crippen LogP contribution is 2.42. The predicted molar refractivity (Wildman–Crippen MR) is 78.8 cm³/mol. The van der Waals surface area contributed by atoms with Crippen molar-refractivity contribution in [3.63, 3.8) is 0 Å². The Bertz CT molecular complexity index is 575. The van der Waals surface area contributed by atoms with E-state index in [0.29, 0.717) is 18.1 Å². The third-order valence-corrected chi connectivity index (χ3v) is 4.62. The third-order valence-electron chi connectivity index (χ3n) is 3.49. The first kappa shape index (κ1) is 16.4. The van der Waals surface area contributed by atoms with Gasteiger partial charge in [-0.3, -0.25) is 0 Å². The molecule has 3 atom stereocenters. The minimum Gasteiger partial charge on any atom is -0.367 e. The van der Waals surface area contributed by atoms with Crippen LogP contribution in [0.3, 0.4) is 0 Å². The molecule has 0 saturated carbocycles. The van der Waals surface area contributed by atoms with E-state index in [4.69, 9.17) is 14.2 Å². The van der Waals surface area contributed by atoms with Gasteiger partial charge in [0.2, 0.25) is 0 Å². The molecule has 0 aliphatic carbocycles. The molecule has 0 amide bonds. The zero-order valence-electron chi connectivity index (χ0n) is 12.8. The van der Waals surface area contributed by atoms with Crippen LogP contribution < -0.4 is 0 Å². The zero-order valence-corrected chi connectivity index (χ0v) is 13.6. The standard InChI is InChI=1S/C15H22O5S/c1-5-18-11(2)20-14(15(3)10-19-15)12-6-8-13(9-7-12)21(4,16)17/h6-9,11,14H,5,10H2,1-4H3. The number of ether oxygens (including phenoxy) is 3. The summed E-state index contributed by atoms with van der Waals surface area (Å²) in [6.45, 7) is 6.90. The second-order valence-corrected chi connectivity index (χ2v) is 7.50. The van der Waals surface area contributed by atoms with Crippen LogP contribution in [0, 0.1) is 0 Å². The number of rotatable bonds is 7. The van der Waals surface area contributed by atoms with Crippen LogP contribution in [0.2, 0.25) is 0 Å². The summed E-state index contributed by atoms with van der Waals surface area (Å²) >= 11 is 0. The first-order valence-electron chi connectivity index (χ1n) is 6.97. The highest BCUT2D eigenvalue weighted by atomic mass is 32.2. The maximum Gasteiger partial charge on any atom is 0.175 e. The van der Waals surface area contributed by atoms with E-state index in [-0.39, 0.29) is 18.0 Å². The van der Waals surface area contributed by atoms with Crippen molar-refractivity contribution in [1.29, 1.82) is 0 Å². The molecule has 0 spiro atoms. The molecule has 1 aliphatic heterocycles.